The van der Waals surface area contributed by atoms with E-state index in [2.05, 4.69) is 15.3 Å². The Bertz CT molecular complexity index is 915. The van der Waals surface area contributed by atoms with Crippen molar-refractivity contribution in [2.24, 2.45) is 0 Å². The highest BCUT2D eigenvalue weighted by Crippen LogP contribution is 2.20. The number of benzene rings is 1. The fourth-order valence-corrected chi connectivity index (χ4v) is 4.68. The molecule has 1 aromatic carbocycles. The molecule has 8 nitrogen and oxygen atoms in total. The zero-order valence-electron chi connectivity index (χ0n) is 15.3. The molecule has 0 spiro atoms. The topological polar surface area (TPSA) is 101 Å². The van der Waals surface area contributed by atoms with Crippen molar-refractivity contribution in [3.8, 4) is 5.75 Å². The van der Waals surface area contributed by atoms with E-state index in [0.29, 0.717) is 18.9 Å². The number of anilines is 1. The third-order valence-corrected chi connectivity index (χ3v) is 6.31. The van der Waals surface area contributed by atoms with Gasteiger partial charge >= 0.3 is 0 Å². The molecule has 144 valence electrons. The summed E-state index contributed by atoms with van der Waals surface area (Å²) in [5.74, 6) is 1.03. The Kier molecular flexibility index (Phi) is 5.59. The summed E-state index contributed by atoms with van der Waals surface area (Å²) in [6.45, 7) is 0.360. The van der Waals surface area contributed by atoms with Gasteiger partial charge in [0.05, 0.1) is 18.6 Å². The molecule has 27 heavy (non-hydrogen) atoms. The molecule has 1 amide bonds. The zero-order valence-corrected chi connectivity index (χ0v) is 16.1. The number of methoxy groups -OCH3 is 1. The van der Waals surface area contributed by atoms with Crippen LogP contribution in [0.15, 0.2) is 36.5 Å². The molecule has 0 radical (unpaired) electrons. The number of sulfone groups is 1. The van der Waals surface area contributed by atoms with Crippen LogP contribution in [0, 0.1) is 0 Å². The smallest absolute Gasteiger partial charge is 0.270 e. The zero-order chi connectivity index (χ0) is 19.4. The molecule has 1 N–H and O–H groups in total. The molecule has 2 heterocycles. The first kappa shape index (κ1) is 19.1. The standard InChI is InChI=1S/C18H22N4O4S/c1-22(14-8-10-27(24,25)12-14)18-19-9-7-16(21-18)17(23)20-11-13-3-5-15(26-2)6-4-13/h3-7,9,14H,8,10-12H2,1-2H3,(H,20,23). The monoisotopic (exact) mass is 390 g/mol. The molecule has 1 unspecified atom stereocenters. The van der Waals surface area contributed by atoms with Crippen molar-refractivity contribution in [2.75, 3.05) is 30.6 Å². The molecule has 1 aliphatic rings. The molecular weight excluding hydrogens is 368 g/mol. The molecular formula is C18H22N4O4S. The quantitative estimate of drug-likeness (QED) is 0.786. The lowest BCUT2D eigenvalue weighted by molar-refractivity contribution is 0.0946. The van der Waals surface area contributed by atoms with Gasteiger partial charge in [-0.15, -0.1) is 0 Å². The van der Waals surface area contributed by atoms with E-state index in [1.165, 1.54) is 12.3 Å². The van der Waals surface area contributed by atoms with E-state index in [-0.39, 0.29) is 29.1 Å². The van der Waals surface area contributed by atoms with E-state index in [1.807, 2.05) is 24.3 Å². The van der Waals surface area contributed by atoms with Crippen LogP contribution >= 0.6 is 0 Å². The van der Waals surface area contributed by atoms with Crippen LogP contribution in [0.2, 0.25) is 0 Å². The number of nitrogens with one attached hydrogen (secondary N) is 1. The van der Waals surface area contributed by atoms with Gasteiger partial charge in [0.25, 0.3) is 5.91 Å². The normalized spacial score (nSPS) is 18.1. The highest BCUT2D eigenvalue weighted by molar-refractivity contribution is 7.91. The van der Waals surface area contributed by atoms with E-state index < -0.39 is 9.84 Å². The molecule has 0 bridgehead atoms. The summed E-state index contributed by atoms with van der Waals surface area (Å²) >= 11 is 0. The van der Waals surface area contributed by atoms with Gasteiger partial charge in [-0.2, -0.15) is 0 Å². The Morgan fingerprint density at radius 1 is 1.30 bits per heavy atom. The predicted octanol–water partition coefficient (Wildman–Crippen LogP) is 1.04. The van der Waals surface area contributed by atoms with Gasteiger partial charge in [-0.1, -0.05) is 12.1 Å². The van der Waals surface area contributed by atoms with E-state index in [0.717, 1.165) is 11.3 Å². The van der Waals surface area contributed by atoms with Crippen LogP contribution in [-0.4, -0.2) is 56.0 Å². The van der Waals surface area contributed by atoms with Gasteiger partial charge in [-0.25, -0.2) is 18.4 Å². The Labute approximate surface area is 158 Å². The fraction of sp³-hybridized carbons (Fsp3) is 0.389. The molecule has 0 aliphatic carbocycles. The van der Waals surface area contributed by atoms with E-state index in [4.69, 9.17) is 4.74 Å². The second-order valence-corrected chi connectivity index (χ2v) is 8.67. The summed E-state index contributed by atoms with van der Waals surface area (Å²) in [5.41, 5.74) is 1.17. The van der Waals surface area contributed by atoms with Gasteiger partial charge in [0.15, 0.2) is 9.84 Å². The first-order valence-corrected chi connectivity index (χ1v) is 10.4. The second-order valence-electron chi connectivity index (χ2n) is 6.44. The van der Waals surface area contributed by atoms with Crippen molar-refractivity contribution in [1.29, 1.82) is 0 Å². The van der Waals surface area contributed by atoms with Gasteiger partial charge in [0, 0.05) is 25.8 Å². The first-order chi connectivity index (χ1) is 12.9. The fourth-order valence-electron chi connectivity index (χ4n) is 2.91. The van der Waals surface area contributed by atoms with Crippen molar-refractivity contribution in [3.63, 3.8) is 0 Å². The summed E-state index contributed by atoms with van der Waals surface area (Å²) in [4.78, 5) is 22.6. The molecule has 1 fully saturated rings. The van der Waals surface area contributed by atoms with Crippen LogP contribution in [0.5, 0.6) is 5.75 Å². The van der Waals surface area contributed by atoms with Crippen LogP contribution in [-0.2, 0) is 16.4 Å². The molecule has 3 rings (SSSR count). The average Bonchev–Trinajstić information content (AvgIpc) is 3.05. The summed E-state index contributed by atoms with van der Waals surface area (Å²) in [6.07, 6.45) is 2.04. The lowest BCUT2D eigenvalue weighted by atomic mass is 10.2. The van der Waals surface area contributed by atoms with Crippen molar-refractivity contribution >= 4 is 21.7 Å². The van der Waals surface area contributed by atoms with Gasteiger partial charge in [-0.3, -0.25) is 4.79 Å². The molecule has 1 aliphatic heterocycles. The van der Waals surface area contributed by atoms with Crippen molar-refractivity contribution in [3.05, 3.63) is 47.8 Å². The highest BCUT2D eigenvalue weighted by Gasteiger charge is 2.31. The average molecular weight is 390 g/mol. The van der Waals surface area contributed by atoms with Crippen LogP contribution in [0.4, 0.5) is 5.95 Å². The number of carbonyl (C=O) groups is 1. The number of amides is 1. The number of carbonyl (C=O) groups excluding carboxylic acids is 1. The minimum Gasteiger partial charge on any atom is -0.497 e. The van der Waals surface area contributed by atoms with E-state index >= 15 is 0 Å². The molecule has 1 atom stereocenters. The third-order valence-electron chi connectivity index (χ3n) is 4.56. The van der Waals surface area contributed by atoms with Crippen molar-refractivity contribution < 1.29 is 17.9 Å². The summed E-state index contributed by atoms with van der Waals surface area (Å²) in [5, 5.41) is 2.82. The molecule has 1 aromatic heterocycles. The largest absolute Gasteiger partial charge is 0.497 e. The second kappa shape index (κ2) is 7.91. The van der Waals surface area contributed by atoms with Gasteiger partial charge in [-0.05, 0) is 30.2 Å². The Morgan fingerprint density at radius 2 is 2.04 bits per heavy atom. The van der Waals surface area contributed by atoms with Gasteiger partial charge in [0.2, 0.25) is 5.95 Å². The highest BCUT2D eigenvalue weighted by atomic mass is 32.2. The summed E-state index contributed by atoms with van der Waals surface area (Å²) < 4.78 is 28.5. The summed E-state index contributed by atoms with van der Waals surface area (Å²) in [6, 6.07) is 8.76. The number of nitrogens with zero attached hydrogens (tertiary/aromatic N) is 3. The van der Waals surface area contributed by atoms with Gasteiger partial charge < -0.3 is 15.0 Å². The van der Waals surface area contributed by atoms with Crippen molar-refractivity contribution in [2.45, 2.75) is 19.0 Å². The number of rotatable bonds is 6. The lowest BCUT2D eigenvalue weighted by Gasteiger charge is -2.23. The van der Waals surface area contributed by atoms with Gasteiger partial charge in [0.1, 0.15) is 11.4 Å². The van der Waals surface area contributed by atoms with Crippen molar-refractivity contribution in [1.82, 2.24) is 15.3 Å². The van der Waals surface area contributed by atoms with Crippen LogP contribution in [0.3, 0.4) is 0 Å². The number of ether oxygens (including phenoxy) is 1. The maximum Gasteiger partial charge on any atom is 0.270 e. The van der Waals surface area contributed by atoms with E-state index in [1.54, 1.807) is 19.1 Å². The predicted molar refractivity (Wildman–Crippen MR) is 102 cm³/mol. The Morgan fingerprint density at radius 3 is 2.67 bits per heavy atom. The minimum absolute atomic E-state index is 0.0841. The lowest BCUT2D eigenvalue weighted by Crippen LogP contribution is -2.34. The molecule has 2 aromatic rings. The summed E-state index contributed by atoms with van der Waals surface area (Å²) in [7, 11) is 0.344. The minimum atomic E-state index is -3.00. The van der Waals surface area contributed by atoms with Crippen LogP contribution in [0.25, 0.3) is 0 Å². The molecule has 0 saturated carbocycles. The third kappa shape index (κ3) is 4.73. The number of hydrogen-bond acceptors (Lipinski definition) is 7. The number of aromatic nitrogens is 2. The van der Waals surface area contributed by atoms with E-state index in [9.17, 15) is 13.2 Å². The first-order valence-electron chi connectivity index (χ1n) is 8.55. The SMILES string of the molecule is COc1ccc(CNC(=O)c2ccnc(N(C)C3CCS(=O)(=O)C3)n2)cc1. The number of hydrogen-bond donors (Lipinski definition) is 1. The molecule has 9 heteroatoms. The van der Waals surface area contributed by atoms with Crippen LogP contribution < -0.4 is 15.0 Å². The Balaban J connectivity index is 1.64. The maximum absolute atomic E-state index is 12.4. The Hall–Kier alpha value is -2.68. The van der Waals surface area contributed by atoms with Crippen LogP contribution in [0.1, 0.15) is 22.5 Å². The molecule has 1 saturated heterocycles. The maximum atomic E-state index is 12.4.